The predicted octanol–water partition coefficient (Wildman–Crippen LogP) is 1.95. The van der Waals surface area contributed by atoms with Crippen LogP contribution in [0.1, 0.15) is 34.1 Å². The van der Waals surface area contributed by atoms with Gasteiger partial charge in [0.15, 0.2) is 0 Å². The quantitative estimate of drug-likeness (QED) is 0.622. The van der Waals surface area contributed by atoms with Crippen molar-refractivity contribution in [2.24, 2.45) is 0 Å². The van der Waals surface area contributed by atoms with E-state index >= 15 is 0 Å². The van der Waals surface area contributed by atoms with Gasteiger partial charge in [0.1, 0.15) is 0 Å². The second-order valence-corrected chi connectivity index (χ2v) is 4.10. The van der Waals surface area contributed by atoms with Crippen molar-refractivity contribution in [3.05, 3.63) is 33.9 Å². The Morgan fingerprint density at radius 3 is 1.82 bits per heavy atom. The maximum absolute atomic E-state index is 9.41. The smallest absolute Gasteiger partial charge is 0.0687 e. The molecule has 0 amide bonds. The zero-order valence-corrected chi connectivity index (χ0v) is 11.2. The average Bonchev–Trinajstić information content (AvgIpc) is 2.31. The number of hydrogen-bond acceptors (Lipinski definition) is 3. The first-order valence-corrected chi connectivity index (χ1v) is 5.91. The molecule has 3 N–H and O–H groups in total. The molecule has 0 aromatic rings. The van der Waals surface area contributed by atoms with Gasteiger partial charge in [-0.1, -0.05) is 18.6 Å². The third-order valence-electron chi connectivity index (χ3n) is 3.14. The molecular formula is C14H24O3. The average molecular weight is 240 g/mol. The minimum absolute atomic E-state index is 0.0264. The summed E-state index contributed by atoms with van der Waals surface area (Å²) >= 11 is 0. The van der Waals surface area contributed by atoms with Crippen LogP contribution >= 0.6 is 0 Å². The molecule has 0 saturated carbocycles. The van der Waals surface area contributed by atoms with Crippen molar-refractivity contribution in [2.75, 3.05) is 19.8 Å². The highest BCUT2D eigenvalue weighted by atomic mass is 16.3. The van der Waals surface area contributed by atoms with Crippen molar-refractivity contribution in [3.63, 3.8) is 0 Å². The van der Waals surface area contributed by atoms with Crippen LogP contribution in [0.15, 0.2) is 33.9 Å². The van der Waals surface area contributed by atoms with E-state index < -0.39 is 0 Å². The highest BCUT2D eigenvalue weighted by Gasteiger charge is 2.10. The standard InChI is InChI=1S/C14H24O3/c1-5-10(2)13(8-16)12(4)14(9-17)11(3)6-7-15/h6,15-17H,5,7-9H2,1-4H3/b11-6+,13-10-,14-12-. The number of rotatable bonds is 6. The summed E-state index contributed by atoms with van der Waals surface area (Å²) in [5.74, 6) is 0. The molecule has 0 aromatic carbocycles. The van der Waals surface area contributed by atoms with Crippen molar-refractivity contribution in [1.29, 1.82) is 0 Å². The van der Waals surface area contributed by atoms with E-state index in [0.717, 1.165) is 34.3 Å². The molecule has 0 radical (unpaired) electrons. The Labute approximate surface area is 104 Å². The first-order valence-electron chi connectivity index (χ1n) is 5.91. The van der Waals surface area contributed by atoms with Crippen molar-refractivity contribution in [2.45, 2.75) is 34.1 Å². The lowest BCUT2D eigenvalue weighted by Crippen LogP contribution is -2.04. The van der Waals surface area contributed by atoms with Gasteiger partial charge in [-0.05, 0) is 49.5 Å². The first kappa shape index (κ1) is 16.1. The van der Waals surface area contributed by atoms with Crippen molar-refractivity contribution < 1.29 is 15.3 Å². The Bertz CT molecular complexity index is 335. The zero-order valence-electron chi connectivity index (χ0n) is 11.2. The van der Waals surface area contributed by atoms with Gasteiger partial charge in [0.25, 0.3) is 0 Å². The lowest BCUT2D eigenvalue weighted by atomic mass is 9.93. The molecular weight excluding hydrogens is 216 g/mol. The molecule has 0 unspecified atom stereocenters. The van der Waals surface area contributed by atoms with Crippen LogP contribution in [0, 0.1) is 0 Å². The van der Waals surface area contributed by atoms with Gasteiger partial charge in [-0.2, -0.15) is 0 Å². The minimum atomic E-state index is -0.0886. The van der Waals surface area contributed by atoms with Gasteiger partial charge in [0.2, 0.25) is 0 Å². The lowest BCUT2D eigenvalue weighted by molar-refractivity contribution is 0.324. The topological polar surface area (TPSA) is 60.7 Å². The molecule has 0 bridgehead atoms. The second-order valence-electron chi connectivity index (χ2n) is 4.10. The van der Waals surface area contributed by atoms with Crippen LogP contribution in [0.25, 0.3) is 0 Å². The number of aliphatic hydroxyl groups is 3. The molecule has 0 aliphatic carbocycles. The molecule has 0 fully saturated rings. The normalized spacial score (nSPS) is 15.6. The molecule has 0 heterocycles. The highest BCUT2D eigenvalue weighted by molar-refractivity contribution is 5.45. The second kappa shape index (κ2) is 8.23. The van der Waals surface area contributed by atoms with Gasteiger partial charge in [-0.15, -0.1) is 0 Å². The molecule has 0 rings (SSSR count). The van der Waals surface area contributed by atoms with Crippen LogP contribution in [-0.2, 0) is 0 Å². The lowest BCUT2D eigenvalue weighted by Gasteiger charge is -2.15. The number of aliphatic hydroxyl groups excluding tert-OH is 3. The summed E-state index contributed by atoms with van der Waals surface area (Å²) in [5, 5.41) is 27.7. The maximum atomic E-state index is 9.41. The SMILES string of the molecule is CC\C(C)=C(CO)/C(C)=C(CO)\C(C)=C\CO. The summed E-state index contributed by atoms with van der Waals surface area (Å²) in [6.07, 6.45) is 2.53. The maximum Gasteiger partial charge on any atom is 0.0687 e. The molecule has 0 atom stereocenters. The van der Waals surface area contributed by atoms with Crippen molar-refractivity contribution >= 4 is 0 Å². The summed E-state index contributed by atoms with van der Waals surface area (Å²) < 4.78 is 0. The summed E-state index contributed by atoms with van der Waals surface area (Å²) in [6, 6.07) is 0. The van der Waals surface area contributed by atoms with E-state index in [1.807, 2.05) is 27.7 Å². The van der Waals surface area contributed by atoms with Gasteiger partial charge in [0.05, 0.1) is 19.8 Å². The van der Waals surface area contributed by atoms with E-state index in [9.17, 15) is 10.2 Å². The first-order chi connectivity index (χ1) is 8.03. The van der Waals surface area contributed by atoms with E-state index in [-0.39, 0.29) is 19.8 Å². The van der Waals surface area contributed by atoms with Crippen molar-refractivity contribution in [3.8, 4) is 0 Å². The summed E-state index contributed by atoms with van der Waals surface area (Å²) in [6.45, 7) is 7.60. The van der Waals surface area contributed by atoms with Crippen LogP contribution in [0.2, 0.25) is 0 Å². The molecule has 98 valence electrons. The molecule has 0 aliphatic heterocycles. The van der Waals surface area contributed by atoms with Gasteiger partial charge in [0, 0.05) is 0 Å². The highest BCUT2D eigenvalue weighted by Crippen LogP contribution is 2.23. The van der Waals surface area contributed by atoms with E-state index in [1.165, 1.54) is 0 Å². The van der Waals surface area contributed by atoms with Crippen LogP contribution < -0.4 is 0 Å². The summed E-state index contributed by atoms with van der Waals surface area (Å²) in [5.41, 5.74) is 4.52. The Kier molecular flexibility index (Phi) is 7.79. The van der Waals surface area contributed by atoms with E-state index in [2.05, 4.69) is 0 Å². The fourth-order valence-electron chi connectivity index (χ4n) is 1.77. The third kappa shape index (κ3) is 4.46. The fraction of sp³-hybridized carbons (Fsp3) is 0.571. The van der Waals surface area contributed by atoms with Gasteiger partial charge in [-0.25, -0.2) is 0 Å². The third-order valence-corrected chi connectivity index (χ3v) is 3.14. The molecule has 0 aliphatic rings. The molecule has 3 heteroatoms. The predicted molar refractivity (Wildman–Crippen MR) is 70.7 cm³/mol. The van der Waals surface area contributed by atoms with Gasteiger partial charge < -0.3 is 15.3 Å². The van der Waals surface area contributed by atoms with Crippen LogP contribution in [0.3, 0.4) is 0 Å². The molecule has 0 spiro atoms. The van der Waals surface area contributed by atoms with E-state index in [1.54, 1.807) is 6.08 Å². The van der Waals surface area contributed by atoms with Gasteiger partial charge >= 0.3 is 0 Å². The van der Waals surface area contributed by atoms with Crippen LogP contribution in [0.5, 0.6) is 0 Å². The zero-order chi connectivity index (χ0) is 13.4. The Morgan fingerprint density at radius 2 is 1.47 bits per heavy atom. The van der Waals surface area contributed by atoms with Crippen LogP contribution in [0.4, 0.5) is 0 Å². The Balaban J connectivity index is 5.58. The number of hydrogen-bond donors (Lipinski definition) is 3. The Hall–Kier alpha value is -0.900. The molecule has 3 nitrogen and oxygen atoms in total. The van der Waals surface area contributed by atoms with E-state index in [4.69, 9.17) is 5.11 Å². The monoisotopic (exact) mass is 240 g/mol. The van der Waals surface area contributed by atoms with Crippen LogP contribution in [-0.4, -0.2) is 35.1 Å². The molecule has 17 heavy (non-hydrogen) atoms. The minimum Gasteiger partial charge on any atom is -0.392 e. The summed E-state index contributed by atoms with van der Waals surface area (Å²) in [7, 11) is 0. The van der Waals surface area contributed by atoms with Crippen molar-refractivity contribution in [1.82, 2.24) is 0 Å². The van der Waals surface area contributed by atoms with Gasteiger partial charge in [-0.3, -0.25) is 0 Å². The molecule has 0 aromatic heterocycles. The molecule has 0 saturated heterocycles. The van der Waals surface area contributed by atoms with E-state index in [0.29, 0.717) is 0 Å². The largest absolute Gasteiger partial charge is 0.392 e. The Morgan fingerprint density at radius 1 is 0.941 bits per heavy atom. The fourth-order valence-corrected chi connectivity index (χ4v) is 1.77. The number of allylic oxidation sites excluding steroid dienone is 1. The summed E-state index contributed by atoms with van der Waals surface area (Å²) in [4.78, 5) is 0.